The number of benzene rings is 11. The lowest BCUT2D eigenvalue weighted by molar-refractivity contribution is 0.830. The first kappa shape index (κ1) is 45.5. The van der Waals surface area contributed by atoms with Gasteiger partial charge in [-0.25, -0.2) is 0 Å². The molecule has 4 heteroatoms. The number of anilines is 2. The standard InChI is InChI=1S/C72H54N2Si2/c1-7-27-57(28-8-1)75(58-29-9-2-10-30-58,59-31-11-3-12-32-59)63-39-23-25-55(51-63)73-69-43-21-19-41-65(69)67-49-53(45-47-71(67)73)54-46-48-72-68(50-54)66-42-20-22-44-70(66)74(72)56-26-24-40-64(52-56)76(60-33-13-4-14-34-60,61-35-15-5-16-36-61)62-37-17-6-18-38-62/h1-43,45-52,70H,44H2. The third-order valence-electron chi connectivity index (χ3n) is 16.4. The van der Waals surface area contributed by atoms with Crippen LogP contribution in [-0.4, -0.2) is 26.8 Å². The Balaban J connectivity index is 0.887. The molecule has 2 nitrogen and oxygen atoms in total. The Hall–Kier alpha value is -9.07. The molecule has 12 aromatic rings. The number of allylic oxidation sites excluding steroid dienone is 2. The van der Waals surface area contributed by atoms with Crippen LogP contribution >= 0.6 is 0 Å². The SMILES string of the molecule is C1=CCC2C(=C1)c1cc(-c3ccc4c(c3)c3ccccc3n4-c3cccc([Si](c4ccccc4)(c4ccccc4)c4ccccc4)c3)ccc1N2c1cccc([Si](c2ccccc2)(c2ccccc2)c2ccccc2)c1. The maximum absolute atomic E-state index is 2.76. The Labute approximate surface area is 447 Å². The van der Waals surface area contributed by atoms with E-state index in [0.29, 0.717) is 0 Å². The Kier molecular flexibility index (Phi) is 11.4. The fourth-order valence-corrected chi connectivity index (χ4v) is 22.7. The molecule has 11 aromatic carbocycles. The van der Waals surface area contributed by atoms with Gasteiger partial charge in [-0.15, -0.1) is 0 Å². The van der Waals surface area contributed by atoms with Crippen LogP contribution in [-0.2, 0) is 0 Å². The minimum atomic E-state index is -2.76. The minimum absolute atomic E-state index is 0.190. The van der Waals surface area contributed by atoms with Gasteiger partial charge in [0.15, 0.2) is 16.1 Å². The molecular formula is C72H54N2Si2. The van der Waals surface area contributed by atoms with Gasteiger partial charge in [0.1, 0.15) is 0 Å². The molecule has 1 aliphatic carbocycles. The second-order valence-corrected chi connectivity index (χ2v) is 27.9. The normalized spacial score (nSPS) is 14.1. The summed E-state index contributed by atoms with van der Waals surface area (Å²) >= 11 is 0. The quantitative estimate of drug-likeness (QED) is 0.0926. The molecule has 360 valence electrons. The number of hydrogen-bond donors (Lipinski definition) is 0. The zero-order valence-corrected chi connectivity index (χ0v) is 44.1. The third kappa shape index (κ3) is 7.28. The highest BCUT2D eigenvalue weighted by molar-refractivity contribution is 7.20. The van der Waals surface area contributed by atoms with E-state index in [2.05, 4.69) is 319 Å². The average Bonchev–Trinajstić information content (AvgIpc) is 4.11. The molecule has 2 aliphatic rings. The Morgan fingerprint density at radius 3 is 1.28 bits per heavy atom. The zero-order chi connectivity index (χ0) is 50.5. The molecule has 76 heavy (non-hydrogen) atoms. The van der Waals surface area contributed by atoms with E-state index in [0.717, 1.165) is 12.1 Å². The van der Waals surface area contributed by atoms with Crippen molar-refractivity contribution < 1.29 is 0 Å². The summed E-state index contributed by atoms with van der Waals surface area (Å²) in [5.41, 5.74) is 11.2. The van der Waals surface area contributed by atoms with Gasteiger partial charge in [0.25, 0.3) is 0 Å². The lowest BCUT2D eigenvalue weighted by Crippen LogP contribution is -2.74. The van der Waals surface area contributed by atoms with Crippen LogP contribution in [0.4, 0.5) is 11.4 Å². The fraction of sp³-hybridized carbons (Fsp3) is 0.0278. The monoisotopic (exact) mass is 1000 g/mol. The highest BCUT2D eigenvalue weighted by Gasteiger charge is 2.44. The highest BCUT2D eigenvalue weighted by Crippen LogP contribution is 2.49. The van der Waals surface area contributed by atoms with Gasteiger partial charge in [0.05, 0.1) is 17.1 Å². The van der Waals surface area contributed by atoms with E-state index in [1.54, 1.807) is 0 Å². The van der Waals surface area contributed by atoms with Gasteiger partial charge < -0.3 is 9.47 Å². The van der Waals surface area contributed by atoms with Gasteiger partial charge in [-0.1, -0.05) is 255 Å². The summed E-state index contributed by atoms with van der Waals surface area (Å²) in [6, 6.07) is 110. The molecular weight excluding hydrogens is 949 g/mol. The second-order valence-electron chi connectivity index (χ2n) is 20.3. The Bertz CT molecular complexity index is 3940. The number of nitrogens with zero attached hydrogens (tertiary/aromatic N) is 2. The Morgan fingerprint density at radius 2 is 0.750 bits per heavy atom. The van der Waals surface area contributed by atoms with Gasteiger partial charge in [0.2, 0.25) is 0 Å². The number of aromatic nitrogens is 1. The van der Waals surface area contributed by atoms with Crippen LogP contribution in [0.15, 0.2) is 309 Å². The molecule has 0 bridgehead atoms. The first-order valence-corrected chi connectivity index (χ1v) is 30.6. The smallest absolute Gasteiger partial charge is 0.179 e. The van der Waals surface area contributed by atoms with Crippen LogP contribution in [0.5, 0.6) is 0 Å². The summed E-state index contributed by atoms with van der Waals surface area (Å²) in [6.07, 6.45) is 7.88. The largest absolute Gasteiger partial charge is 0.333 e. The maximum Gasteiger partial charge on any atom is 0.179 e. The summed E-state index contributed by atoms with van der Waals surface area (Å²) in [5.74, 6) is 0. The molecule has 0 saturated heterocycles. The summed E-state index contributed by atoms with van der Waals surface area (Å²) in [4.78, 5) is 2.62. The van der Waals surface area contributed by atoms with Crippen LogP contribution < -0.4 is 46.4 Å². The maximum atomic E-state index is 2.62. The topological polar surface area (TPSA) is 8.17 Å². The molecule has 0 N–H and O–H groups in total. The predicted molar refractivity (Wildman–Crippen MR) is 328 cm³/mol. The van der Waals surface area contributed by atoms with Gasteiger partial charge in [-0.05, 0) is 119 Å². The minimum Gasteiger partial charge on any atom is -0.333 e. The molecule has 0 saturated carbocycles. The van der Waals surface area contributed by atoms with Gasteiger partial charge in [0, 0.05) is 33.4 Å². The van der Waals surface area contributed by atoms with Crippen molar-refractivity contribution >= 4 is 96.4 Å². The second kappa shape index (κ2) is 19.0. The lowest BCUT2D eigenvalue weighted by atomic mass is 9.93. The van der Waals surface area contributed by atoms with Gasteiger partial charge >= 0.3 is 0 Å². The number of hydrogen-bond acceptors (Lipinski definition) is 1. The van der Waals surface area contributed by atoms with Gasteiger partial charge in [-0.2, -0.15) is 0 Å². The highest BCUT2D eigenvalue weighted by atomic mass is 28.3. The molecule has 14 rings (SSSR count). The van der Waals surface area contributed by atoms with Crippen molar-refractivity contribution in [3.8, 4) is 16.8 Å². The molecule has 0 fully saturated rings. The van der Waals surface area contributed by atoms with E-state index in [1.165, 1.54) is 96.9 Å². The van der Waals surface area contributed by atoms with E-state index in [-0.39, 0.29) is 6.04 Å². The molecule has 0 spiro atoms. The number of fused-ring (bicyclic) bond motifs is 6. The molecule has 1 atom stereocenters. The van der Waals surface area contributed by atoms with E-state index in [9.17, 15) is 0 Å². The molecule has 1 aliphatic heterocycles. The number of para-hydroxylation sites is 1. The van der Waals surface area contributed by atoms with E-state index >= 15 is 0 Å². The van der Waals surface area contributed by atoms with E-state index in [4.69, 9.17) is 0 Å². The third-order valence-corrected chi connectivity index (χ3v) is 25.9. The first-order chi connectivity index (χ1) is 37.7. The summed E-state index contributed by atoms with van der Waals surface area (Å²) < 4.78 is 2.49. The molecule has 0 radical (unpaired) electrons. The molecule has 0 amide bonds. The predicted octanol–water partition coefficient (Wildman–Crippen LogP) is 12.1. The van der Waals surface area contributed by atoms with Crippen molar-refractivity contribution in [3.05, 3.63) is 315 Å². The van der Waals surface area contributed by atoms with Crippen LogP contribution in [0.3, 0.4) is 0 Å². The lowest BCUT2D eigenvalue weighted by Gasteiger charge is -2.36. The van der Waals surface area contributed by atoms with Crippen LogP contribution in [0.1, 0.15) is 12.0 Å². The van der Waals surface area contributed by atoms with Gasteiger partial charge in [-0.3, -0.25) is 0 Å². The van der Waals surface area contributed by atoms with E-state index < -0.39 is 16.1 Å². The summed E-state index contributed by atoms with van der Waals surface area (Å²) in [6.45, 7) is 0. The molecule has 1 aromatic heterocycles. The van der Waals surface area contributed by atoms with Crippen LogP contribution in [0.25, 0.3) is 44.2 Å². The van der Waals surface area contributed by atoms with Crippen molar-refractivity contribution in [2.24, 2.45) is 0 Å². The van der Waals surface area contributed by atoms with E-state index in [1.807, 2.05) is 0 Å². The first-order valence-electron chi connectivity index (χ1n) is 26.6. The van der Waals surface area contributed by atoms with Crippen molar-refractivity contribution in [3.63, 3.8) is 0 Å². The zero-order valence-electron chi connectivity index (χ0n) is 42.1. The van der Waals surface area contributed by atoms with Crippen LogP contribution in [0.2, 0.25) is 0 Å². The van der Waals surface area contributed by atoms with Crippen molar-refractivity contribution in [2.45, 2.75) is 12.5 Å². The van der Waals surface area contributed by atoms with Crippen molar-refractivity contribution in [1.82, 2.24) is 4.57 Å². The van der Waals surface area contributed by atoms with Crippen molar-refractivity contribution in [2.75, 3.05) is 4.90 Å². The summed E-state index contributed by atoms with van der Waals surface area (Å²) in [7, 11) is -5.50. The van der Waals surface area contributed by atoms with Crippen molar-refractivity contribution in [1.29, 1.82) is 0 Å². The van der Waals surface area contributed by atoms with Crippen LogP contribution in [0, 0.1) is 0 Å². The summed E-state index contributed by atoms with van der Waals surface area (Å²) in [5, 5.41) is 13.5. The average molecular weight is 1000 g/mol. The fourth-order valence-electron chi connectivity index (χ4n) is 13.1. The molecule has 2 heterocycles. The molecule has 1 unspecified atom stereocenters. The Morgan fingerprint density at radius 1 is 0.329 bits per heavy atom. The number of rotatable bonds is 11.